The molecule has 6 heteroatoms. The minimum atomic E-state index is -1.11. The van der Waals surface area contributed by atoms with Gasteiger partial charge in [0, 0.05) is 5.69 Å². The van der Waals surface area contributed by atoms with Crippen LogP contribution in [-0.2, 0) is 4.74 Å². The highest BCUT2D eigenvalue weighted by Crippen LogP contribution is 2.23. The summed E-state index contributed by atoms with van der Waals surface area (Å²) in [5.41, 5.74) is 6.59. The number of nitrogens with two attached hydrogens (primary N) is 1. The predicted octanol–water partition coefficient (Wildman–Crippen LogP) is 0.770. The fraction of sp³-hybridized carbons (Fsp3) is 0.417. The van der Waals surface area contributed by atoms with Crippen LogP contribution in [0.5, 0.6) is 0 Å². The molecule has 5 nitrogen and oxygen atoms in total. The van der Waals surface area contributed by atoms with E-state index < -0.39 is 18.2 Å². The van der Waals surface area contributed by atoms with Gasteiger partial charge in [0.1, 0.15) is 6.10 Å². The molecular formula is C12H17NO4S. The number of carbonyl (C=O) groups is 1. The Balaban J connectivity index is 3.02. The highest BCUT2D eigenvalue weighted by atomic mass is 32.1. The molecule has 2 atom stereocenters. The number of hydrogen-bond donors (Lipinski definition) is 4. The highest BCUT2D eigenvalue weighted by Gasteiger charge is 2.19. The van der Waals surface area contributed by atoms with Crippen LogP contribution in [0.1, 0.15) is 28.4 Å². The molecule has 1 aromatic carbocycles. The maximum atomic E-state index is 11.4. The van der Waals surface area contributed by atoms with Crippen LogP contribution in [0, 0.1) is 0 Å². The van der Waals surface area contributed by atoms with E-state index in [1.807, 2.05) is 0 Å². The maximum Gasteiger partial charge on any atom is 0.337 e. The first-order chi connectivity index (χ1) is 8.49. The van der Waals surface area contributed by atoms with Gasteiger partial charge >= 0.3 is 5.97 Å². The summed E-state index contributed by atoms with van der Waals surface area (Å²) in [5, 5.41) is 19.6. The lowest BCUT2D eigenvalue weighted by molar-refractivity contribution is 0.0172. The summed E-state index contributed by atoms with van der Waals surface area (Å²) in [4.78, 5) is 11.4. The van der Waals surface area contributed by atoms with Crippen molar-refractivity contribution in [2.45, 2.75) is 18.6 Å². The molecule has 0 saturated heterocycles. The Labute approximate surface area is 111 Å². The molecule has 18 heavy (non-hydrogen) atoms. The van der Waals surface area contributed by atoms with Crippen molar-refractivity contribution in [2.24, 2.45) is 0 Å². The minimum Gasteiger partial charge on any atom is -0.465 e. The summed E-state index contributed by atoms with van der Waals surface area (Å²) >= 11 is 3.99. The monoisotopic (exact) mass is 271 g/mol. The molecule has 0 fully saturated rings. The van der Waals surface area contributed by atoms with E-state index in [-0.39, 0.29) is 5.56 Å². The molecule has 0 aliphatic rings. The van der Waals surface area contributed by atoms with Gasteiger partial charge in [0.2, 0.25) is 0 Å². The fourth-order valence-electron chi connectivity index (χ4n) is 1.60. The number of esters is 1. The number of aliphatic hydroxyl groups excluding tert-OH is 2. The van der Waals surface area contributed by atoms with Gasteiger partial charge in [-0.15, -0.1) is 0 Å². The summed E-state index contributed by atoms with van der Waals surface area (Å²) in [7, 11) is 1.26. The summed E-state index contributed by atoms with van der Waals surface area (Å²) in [6, 6.07) is 4.42. The molecular weight excluding hydrogens is 254 g/mol. The van der Waals surface area contributed by atoms with Crippen LogP contribution in [-0.4, -0.2) is 35.1 Å². The summed E-state index contributed by atoms with van der Waals surface area (Å²) in [6.07, 6.45) is -1.72. The zero-order chi connectivity index (χ0) is 13.7. The first-order valence-electron chi connectivity index (χ1n) is 5.45. The largest absolute Gasteiger partial charge is 0.465 e. The highest BCUT2D eigenvalue weighted by molar-refractivity contribution is 7.80. The quantitative estimate of drug-likeness (QED) is 0.360. The molecule has 0 bridgehead atoms. The average Bonchev–Trinajstić information content (AvgIpc) is 2.36. The number of thiol groups is 1. The normalized spacial score (nSPS) is 14.0. The molecule has 0 heterocycles. The van der Waals surface area contributed by atoms with Crippen molar-refractivity contribution in [3.8, 4) is 0 Å². The number of nitrogen functional groups attached to an aromatic ring is 1. The lowest BCUT2D eigenvalue weighted by Gasteiger charge is -2.18. The minimum absolute atomic E-state index is 0.240. The Morgan fingerprint density at radius 3 is 2.67 bits per heavy atom. The third-order valence-corrected chi connectivity index (χ3v) is 2.79. The lowest BCUT2D eigenvalue weighted by Crippen LogP contribution is -2.19. The van der Waals surface area contributed by atoms with E-state index in [2.05, 4.69) is 17.4 Å². The van der Waals surface area contributed by atoms with Gasteiger partial charge in [-0.1, -0.05) is 0 Å². The molecule has 0 aromatic heterocycles. The van der Waals surface area contributed by atoms with Crippen molar-refractivity contribution in [3.05, 3.63) is 29.3 Å². The molecule has 2 unspecified atom stereocenters. The molecule has 1 rings (SSSR count). The second-order valence-corrected chi connectivity index (χ2v) is 4.35. The Bertz CT molecular complexity index is 425. The van der Waals surface area contributed by atoms with Crippen molar-refractivity contribution in [2.75, 3.05) is 18.6 Å². The van der Waals surface area contributed by atoms with Crippen LogP contribution >= 0.6 is 12.6 Å². The Hall–Kier alpha value is -1.24. The van der Waals surface area contributed by atoms with Crippen LogP contribution in [0.15, 0.2) is 18.2 Å². The van der Waals surface area contributed by atoms with Crippen molar-refractivity contribution >= 4 is 24.3 Å². The summed E-state index contributed by atoms with van der Waals surface area (Å²) in [5.74, 6) is -0.0934. The number of anilines is 1. The number of aliphatic hydroxyl groups is 2. The molecule has 0 spiro atoms. The zero-order valence-corrected chi connectivity index (χ0v) is 10.9. The first kappa shape index (κ1) is 14.8. The van der Waals surface area contributed by atoms with Gasteiger partial charge in [-0.3, -0.25) is 0 Å². The van der Waals surface area contributed by atoms with Crippen LogP contribution in [0.3, 0.4) is 0 Å². The number of carbonyl (C=O) groups excluding carboxylic acids is 1. The average molecular weight is 271 g/mol. The standard InChI is InChI=1S/C12H17NO4S/c1-17-12(16)8-4-7(5-9(13)6-8)11(15)10(14)2-3-18/h4-6,10-11,14-15,18H,2-3,13H2,1H3. The number of benzene rings is 1. The van der Waals surface area contributed by atoms with E-state index in [1.54, 1.807) is 0 Å². The first-order valence-corrected chi connectivity index (χ1v) is 6.08. The van der Waals surface area contributed by atoms with E-state index in [1.165, 1.54) is 25.3 Å². The molecule has 1 aromatic rings. The SMILES string of the molecule is COC(=O)c1cc(N)cc(C(O)C(O)CCS)c1. The van der Waals surface area contributed by atoms with Gasteiger partial charge in [-0.05, 0) is 35.9 Å². The van der Waals surface area contributed by atoms with Crippen molar-refractivity contribution in [3.63, 3.8) is 0 Å². The molecule has 0 saturated carbocycles. The second-order valence-electron chi connectivity index (χ2n) is 3.90. The van der Waals surface area contributed by atoms with Gasteiger partial charge < -0.3 is 20.7 Å². The van der Waals surface area contributed by atoms with E-state index in [4.69, 9.17) is 5.73 Å². The Morgan fingerprint density at radius 2 is 2.11 bits per heavy atom. The van der Waals surface area contributed by atoms with E-state index in [0.29, 0.717) is 23.4 Å². The van der Waals surface area contributed by atoms with Crippen LogP contribution in [0.4, 0.5) is 5.69 Å². The van der Waals surface area contributed by atoms with E-state index >= 15 is 0 Å². The molecule has 4 N–H and O–H groups in total. The van der Waals surface area contributed by atoms with E-state index in [9.17, 15) is 15.0 Å². The topological polar surface area (TPSA) is 92.8 Å². The zero-order valence-electron chi connectivity index (χ0n) is 10.0. The van der Waals surface area contributed by atoms with Crippen molar-refractivity contribution < 1.29 is 19.7 Å². The number of methoxy groups -OCH3 is 1. The third kappa shape index (κ3) is 3.63. The van der Waals surface area contributed by atoms with Crippen LogP contribution < -0.4 is 5.73 Å². The number of ether oxygens (including phenoxy) is 1. The molecule has 0 aliphatic carbocycles. The summed E-state index contributed by atoms with van der Waals surface area (Å²) < 4.78 is 4.58. The molecule has 0 amide bonds. The number of hydrogen-bond acceptors (Lipinski definition) is 6. The van der Waals surface area contributed by atoms with Crippen LogP contribution in [0.25, 0.3) is 0 Å². The van der Waals surface area contributed by atoms with Gasteiger partial charge in [0.05, 0.1) is 18.8 Å². The number of rotatable bonds is 5. The van der Waals surface area contributed by atoms with Crippen LogP contribution in [0.2, 0.25) is 0 Å². The fourth-order valence-corrected chi connectivity index (χ4v) is 1.86. The summed E-state index contributed by atoms with van der Waals surface area (Å²) in [6.45, 7) is 0. The maximum absolute atomic E-state index is 11.4. The second kappa shape index (κ2) is 6.63. The van der Waals surface area contributed by atoms with Gasteiger partial charge in [0.25, 0.3) is 0 Å². The Kier molecular flexibility index (Phi) is 5.46. The van der Waals surface area contributed by atoms with Crippen molar-refractivity contribution in [1.29, 1.82) is 0 Å². The smallest absolute Gasteiger partial charge is 0.337 e. The predicted molar refractivity (Wildman–Crippen MR) is 71.6 cm³/mol. The van der Waals surface area contributed by atoms with Gasteiger partial charge in [-0.25, -0.2) is 4.79 Å². The molecule has 0 radical (unpaired) electrons. The van der Waals surface area contributed by atoms with Crippen molar-refractivity contribution in [1.82, 2.24) is 0 Å². The Morgan fingerprint density at radius 1 is 1.44 bits per heavy atom. The molecule has 0 aliphatic heterocycles. The van der Waals surface area contributed by atoms with Gasteiger partial charge in [0.15, 0.2) is 0 Å². The third-order valence-electron chi connectivity index (χ3n) is 2.53. The van der Waals surface area contributed by atoms with Gasteiger partial charge in [-0.2, -0.15) is 12.6 Å². The molecule has 100 valence electrons. The van der Waals surface area contributed by atoms with E-state index in [0.717, 1.165) is 0 Å². The lowest BCUT2D eigenvalue weighted by atomic mass is 9.99.